The highest BCUT2D eigenvalue weighted by Crippen LogP contribution is 2.44. The van der Waals surface area contributed by atoms with E-state index in [1.807, 2.05) is 78.9 Å². The monoisotopic (exact) mass is 453 g/mol. The van der Waals surface area contributed by atoms with Gasteiger partial charge in [0.1, 0.15) is 5.75 Å². The SMILES string of the molecule is O=C(N[C@@H]1c2ccccc2C[C@@H]1c1ccc(O)c(Cl)c1)C(c1ccccc1)c1ccccc1. The fraction of sp³-hybridized carbons (Fsp3) is 0.138. The van der Waals surface area contributed by atoms with Crippen LogP contribution in [0.1, 0.15) is 45.7 Å². The van der Waals surface area contributed by atoms with E-state index in [1.54, 1.807) is 12.1 Å². The third kappa shape index (κ3) is 4.24. The minimum atomic E-state index is -0.413. The van der Waals surface area contributed by atoms with Gasteiger partial charge in [-0.3, -0.25) is 4.79 Å². The van der Waals surface area contributed by atoms with E-state index in [4.69, 9.17) is 11.6 Å². The van der Waals surface area contributed by atoms with E-state index in [-0.39, 0.29) is 23.6 Å². The number of amides is 1. The van der Waals surface area contributed by atoms with Crippen molar-refractivity contribution in [3.8, 4) is 5.75 Å². The molecule has 4 aromatic rings. The normalized spacial score (nSPS) is 17.0. The van der Waals surface area contributed by atoms with Crippen LogP contribution in [-0.2, 0) is 11.2 Å². The maximum absolute atomic E-state index is 13.8. The van der Waals surface area contributed by atoms with E-state index in [2.05, 4.69) is 17.4 Å². The van der Waals surface area contributed by atoms with E-state index in [1.165, 1.54) is 5.56 Å². The molecule has 0 fully saturated rings. The summed E-state index contributed by atoms with van der Waals surface area (Å²) in [7, 11) is 0. The molecule has 4 heteroatoms. The summed E-state index contributed by atoms with van der Waals surface area (Å²) in [6, 6.07) is 33.1. The Balaban J connectivity index is 1.52. The summed E-state index contributed by atoms with van der Waals surface area (Å²) in [5, 5.41) is 13.6. The average molecular weight is 454 g/mol. The van der Waals surface area contributed by atoms with Crippen LogP contribution in [0.5, 0.6) is 5.75 Å². The van der Waals surface area contributed by atoms with Crippen LogP contribution in [0.4, 0.5) is 0 Å². The Labute approximate surface area is 198 Å². The van der Waals surface area contributed by atoms with Crippen molar-refractivity contribution in [2.45, 2.75) is 24.3 Å². The van der Waals surface area contributed by atoms with Gasteiger partial charge in [-0.1, -0.05) is 103 Å². The highest BCUT2D eigenvalue weighted by atomic mass is 35.5. The quantitative estimate of drug-likeness (QED) is 0.368. The Morgan fingerprint density at radius 3 is 2.09 bits per heavy atom. The summed E-state index contributed by atoms with van der Waals surface area (Å²) in [6.07, 6.45) is 0.795. The number of halogens is 1. The molecule has 2 atom stereocenters. The van der Waals surface area contributed by atoms with Crippen LogP contribution < -0.4 is 5.32 Å². The maximum Gasteiger partial charge on any atom is 0.232 e. The Kier molecular flexibility index (Phi) is 5.89. The zero-order valence-corrected chi connectivity index (χ0v) is 18.7. The summed E-state index contributed by atoms with van der Waals surface area (Å²) < 4.78 is 0. The summed E-state index contributed by atoms with van der Waals surface area (Å²) in [4.78, 5) is 13.8. The second kappa shape index (κ2) is 9.13. The molecular weight excluding hydrogens is 430 g/mol. The van der Waals surface area contributed by atoms with Gasteiger partial charge in [-0.15, -0.1) is 0 Å². The number of nitrogens with one attached hydrogen (secondary N) is 1. The van der Waals surface area contributed by atoms with Crippen molar-refractivity contribution in [1.82, 2.24) is 5.32 Å². The number of phenolic OH excluding ortho intramolecular Hbond substituents is 1. The van der Waals surface area contributed by atoms with Crippen LogP contribution in [0.2, 0.25) is 5.02 Å². The number of carbonyl (C=O) groups is 1. The van der Waals surface area contributed by atoms with Gasteiger partial charge in [0.25, 0.3) is 0 Å². The summed E-state index contributed by atoms with van der Waals surface area (Å²) in [5.74, 6) is -0.366. The smallest absolute Gasteiger partial charge is 0.232 e. The molecule has 0 radical (unpaired) electrons. The Morgan fingerprint density at radius 2 is 1.45 bits per heavy atom. The van der Waals surface area contributed by atoms with E-state index in [9.17, 15) is 9.90 Å². The molecule has 0 bridgehead atoms. The van der Waals surface area contributed by atoms with Crippen LogP contribution in [0, 0.1) is 0 Å². The highest BCUT2D eigenvalue weighted by Gasteiger charge is 2.36. The van der Waals surface area contributed by atoms with Crippen molar-refractivity contribution >= 4 is 17.5 Å². The molecule has 33 heavy (non-hydrogen) atoms. The van der Waals surface area contributed by atoms with Crippen LogP contribution >= 0.6 is 11.6 Å². The molecule has 164 valence electrons. The number of rotatable bonds is 5. The van der Waals surface area contributed by atoms with Crippen molar-refractivity contribution in [1.29, 1.82) is 0 Å². The highest BCUT2D eigenvalue weighted by molar-refractivity contribution is 6.32. The van der Waals surface area contributed by atoms with Gasteiger partial charge in [0.2, 0.25) is 5.91 Å². The predicted octanol–water partition coefficient (Wildman–Crippen LogP) is 6.37. The molecule has 0 spiro atoms. The van der Waals surface area contributed by atoms with Crippen molar-refractivity contribution in [3.05, 3.63) is 136 Å². The van der Waals surface area contributed by atoms with E-state index < -0.39 is 5.92 Å². The van der Waals surface area contributed by atoms with Gasteiger partial charge in [0, 0.05) is 5.92 Å². The molecule has 0 unspecified atom stereocenters. The summed E-state index contributed by atoms with van der Waals surface area (Å²) in [5.41, 5.74) is 5.25. The minimum absolute atomic E-state index is 0.0247. The van der Waals surface area contributed by atoms with Crippen molar-refractivity contribution in [3.63, 3.8) is 0 Å². The molecule has 1 aliphatic rings. The number of phenols is 1. The van der Waals surface area contributed by atoms with Gasteiger partial charge in [-0.05, 0) is 46.4 Å². The van der Waals surface area contributed by atoms with Crippen LogP contribution in [0.15, 0.2) is 103 Å². The third-order valence-corrected chi connectivity index (χ3v) is 6.76. The molecule has 2 N–H and O–H groups in total. The first-order chi connectivity index (χ1) is 16.1. The Bertz CT molecular complexity index is 1230. The number of benzene rings is 4. The van der Waals surface area contributed by atoms with Gasteiger partial charge in [0.05, 0.1) is 17.0 Å². The van der Waals surface area contributed by atoms with Gasteiger partial charge in [0.15, 0.2) is 0 Å². The molecule has 0 saturated carbocycles. The first-order valence-corrected chi connectivity index (χ1v) is 11.5. The number of aromatic hydroxyl groups is 1. The standard InChI is InChI=1S/C29H24ClNO2/c30-25-18-22(15-16-26(25)32)24-17-21-13-7-8-14-23(21)28(24)31-29(33)27(19-9-3-1-4-10-19)20-11-5-2-6-12-20/h1-16,18,24,27-28,32H,17H2,(H,31,33)/t24-,28-/m1/s1. The van der Waals surface area contributed by atoms with Crippen molar-refractivity contribution in [2.24, 2.45) is 0 Å². The molecule has 3 nitrogen and oxygen atoms in total. The molecule has 4 aromatic carbocycles. The molecule has 0 saturated heterocycles. The fourth-order valence-electron chi connectivity index (χ4n) is 4.86. The fourth-order valence-corrected chi connectivity index (χ4v) is 5.05. The summed E-state index contributed by atoms with van der Waals surface area (Å²) >= 11 is 6.23. The largest absolute Gasteiger partial charge is 0.506 e. The van der Waals surface area contributed by atoms with Crippen molar-refractivity contribution < 1.29 is 9.90 Å². The lowest BCUT2D eigenvalue weighted by molar-refractivity contribution is -0.122. The van der Waals surface area contributed by atoms with E-state index in [0.717, 1.165) is 28.7 Å². The Morgan fingerprint density at radius 1 is 0.848 bits per heavy atom. The molecule has 1 amide bonds. The van der Waals surface area contributed by atoms with Gasteiger partial charge < -0.3 is 10.4 Å². The number of carbonyl (C=O) groups excluding carboxylic acids is 1. The second-order valence-corrected chi connectivity index (χ2v) is 8.87. The summed E-state index contributed by atoms with van der Waals surface area (Å²) in [6.45, 7) is 0. The lowest BCUT2D eigenvalue weighted by Crippen LogP contribution is -2.35. The number of hydrogen-bond donors (Lipinski definition) is 2. The Hall–Kier alpha value is -3.56. The molecule has 0 heterocycles. The maximum atomic E-state index is 13.8. The average Bonchev–Trinajstić information content (AvgIpc) is 3.21. The molecule has 0 aliphatic heterocycles. The van der Waals surface area contributed by atoms with Crippen LogP contribution in [0.3, 0.4) is 0 Å². The molecule has 1 aliphatic carbocycles. The van der Waals surface area contributed by atoms with Crippen molar-refractivity contribution in [2.75, 3.05) is 0 Å². The van der Waals surface area contributed by atoms with E-state index >= 15 is 0 Å². The number of fused-ring (bicyclic) bond motifs is 1. The van der Waals surface area contributed by atoms with Gasteiger partial charge >= 0.3 is 0 Å². The lowest BCUT2D eigenvalue weighted by Gasteiger charge is -2.26. The predicted molar refractivity (Wildman–Crippen MR) is 132 cm³/mol. The van der Waals surface area contributed by atoms with Crippen LogP contribution in [-0.4, -0.2) is 11.0 Å². The van der Waals surface area contributed by atoms with Crippen LogP contribution in [0.25, 0.3) is 0 Å². The zero-order valence-electron chi connectivity index (χ0n) is 18.0. The van der Waals surface area contributed by atoms with E-state index in [0.29, 0.717) is 5.02 Å². The molecule has 0 aromatic heterocycles. The second-order valence-electron chi connectivity index (χ2n) is 8.46. The molecule has 5 rings (SSSR count). The lowest BCUT2D eigenvalue weighted by atomic mass is 9.88. The topological polar surface area (TPSA) is 49.3 Å². The number of hydrogen-bond acceptors (Lipinski definition) is 2. The third-order valence-electron chi connectivity index (χ3n) is 6.46. The minimum Gasteiger partial charge on any atom is -0.506 e. The van der Waals surface area contributed by atoms with Gasteiger partial charge in [-0.2, -0.15) is 0 Å². The molecular formula is C29H24ClNO2. The first-order valence-electron chi connectivity index (χ1n) is 11.1. The first kappa shape index (κ1) is 21.3. The van der Waals surface area contributed by atoms with Gasteiger partial charge in [-0.25, -0.2) is 0 Å². The zero-order chi connectivity index (χ0) is 22.8.